The van der Waals surface area contributed by atoms with Gasteiger partial charge in [-0.25, -0.2) is 0 Å². The summed E-state index contributed by atoms with van der Waals surface area (Å²) in [6, 6.07) is 5.95. The lowest BCUT2D eigenvalue weighted by atomic mass is 10.1. The first kappa shape index (κ1) is 13.2. The van der Waals surface area contributed by atoms with Crippen LogP contribution >= 0.6 is 23.2 Å². The maximum absolute atomic E-state index is 6.00. The van der Waals surface area contributed by atoms with Gasteiger partial charge in [-0.15, -0.1) is 0 Å². The molecule has 0 unspecified atom stereocenters. The molecule has 1 heterocycles. The lowest BCUT2D eigenvalue weighted by Gasteiger charge is -2.26. The first-order valence-corrected chi connectivity index (χ1v) is 7.17. The Morgan fingerprint density at radius 1 is 1.00 bits per heavy atom. The van der Waals surface area contributed by atoms with Crippen LogP contribution in [0.4, 0.5) is 0 Å². The van der Waals surface area contributed by atoms with E-state index >= 15 is 0 Å². The second-order valence-corrected chi connectivity index (χ2v) is 5.57. The molecule has 0 atom stereocenters. The van der Waals surface area contributed by atoms with Crippen molar-refractivity contribution in [2.24, 2.45) is 0 Å². The molecule has 1 aliphatic rings. The number of likely N-dealkylation sites (tertiary alicyclic amines) is 1. The lowest BCUT2D eigenvalue weighted by molar-refractivity contribution is 0.226. The number of aryl methyl sites for hydroxylation is 1. The van der Waals surface area contributed by atoms with Gasteiger partial charge in [0.15, 0.2) is 0 Å². The summed E-state index contributed by atoms with van der Waals surface area (Å²) in [5.41, 5.74) is 1.29. The highest BCUT2D eigenvalue weighted by molar-refractivity contribution is 6.42. The average Bonchev–Trinajstić information content (AvgIpc) is 2.35. The number of hydrogen-bond donors (Lipinski definition) is 0. The number of hydrogen-bond acceptors (Lipinski definition) is 1. The van der Waals surface area contributed by atoms with Gasteiger partial charge in [-0.3, -0.25) is 0 Å². The van der Waals surface area contributed by atoms with Crippen molar-refractivity contribution in [3.63, 3.8) is 0 Å². The third kappa shape index (κ3) is 4.17. The van der Waals surface area contributed by atoms with E-state index in [2.05, 4.69) is 11.0 Å². The summed E-state index contributed by atoms with van der Waals surface area (Å²) in [4.78, 5) is 2.57. The highest BCUT2D eigenvalue weighted by Gasteiger charge is 2.09. The average molecular weight is 272 g/mol. The van der Waals surface area contributed by atoms with Crippen LogP contribution in [0.3, 0.4) is 0 Å². The Morgan fingerprint density at radius 2 is 1.76 bits per heavy atom. The van der Waals surface area contributed by atoms with Gasteiger partial charge in [0.25, 0.3) is 0 Å². The fraction of sp³-hybridized carbons (Fsp3) is 0.571. The van der Waals surface area contributed by atoms with Crippen molar-refractivity contribution in [2.45, 2.75) is 32.1 Å². The Labute approximate surface area is 114 Å². The summed E-state index contributed by atoms with van der Waals surface area (Å²) in [6.07, 6.45) is 6.44. The molecule has 94 valence electrons. The van der Waals surface area contributed by atoms with Crippen molar-refractivity contribution < 1.29 is 0 Å². The van der Waals surface area contributed by atoms with E-state index in [1.807, 2.05) is 12.1 Å². The molecule has 0 N–H and O–H groups in total. The molecule has 17 heavy (non-hydrogen) atoms. The Balaban J connectivity index is 1.75. The first-order chi connectivity index (χ1) is 8.25. The van der Waals surface area contributed by atoms with Gasteiger partial charge in [0.2, 0.25) is 0 Å². The summed E-state index contributed by atoms with van der Waals surface area (Å²) in [5.74, 6) is 0. The molecule has 0 radical (unpaired) electrons. The van der Waals surface area contributed by atoms with Crippen molar-refractivity contribution in [2.75, 3.05) is 19.6 Å². The minimum Gasteiger partial charge on any atom is -0.303 e. The molecule has 1 saturated heterocycles. The summed E-state index contributed by atoms with van der Waals surface area (Å²) in [7, 11) is 0. The minimum absolute atomic E-state index is 0.645. The van der Waals surface area contributed by atoms with Gasteiger partial charge in [-0.2, -0.15) is 0 Å². The Bertz CT molecular complexity index is 359. The molecule has 0 aliphatic carbocycles. The van der Waals surface area contributed by atoms with Gasteiger partial charge in [-0.05, 0) is 63.0 Å². The van der Waals surface area contributed by atoms with Crippen molar-refractivity contribution in [1.82, 2.24) is 4.90 Å². The van der Waals surface area contributed by atoms with Crippen molar-refractivity contribution in [3.05, 3.63) is 33.8 Å². The van der Waals surface area contributed by atoms with Gasteiger partial charge in [0.1, 0.15) is 0 Å². The van der Waals surface area contributed by atoms with E-state index in [-0.39, 0.29) is 0 Å². The third-order valence-corrected chi connectivity index (χ3v) is 4.11. The van der Waals surface area contributed by atoms with E-state index in [1.165, 1.54) is 50.9 Å². The minimum atomic E-state index is 0.645. The first-order valence-electron chi connectivity index (χ1n) is 6.42. The second kappa shape index (κ2) is 6.63. The predicted octanol–water partition coefficient (Wildman–Crippen LogP) is 4.41. The molecule has 2 rings (SSSR count). The zero-order chi connectivity index (χ0) is 12.1. The van der Waals surface area contributed by atoms with Crippen molar-refractivity contribution in [1.29, 1.82) is 0 Å². The summed E-state index contributed by atoms with van der Waals surface area (Å²) >= 11 is 11.9. The van der Waals surface area contributed by atoms with Gasteiger partial charge >= 0.3 is 0 Å². The predicted molar refractivity (Wildman–Crippen MR) is 75.1 cm³/mol. The van der Waals surface area contributed by atoms with Crippen molar-refractivity contribution >= 4 is 23.2 Å². The quantitative estimate of drug-likeness (QED) is 0.784. The van der Waals surface area contributed by atoms with E-state index in [1.54, 1.807) is 0 Å². The van der Waals surface area contributed by atoms with E-state index in [4.69, 9.17) is 23.2 Å². The standard InChI is InChI=1S/C14H19Cl2N/c15-13-7-6-12(11-14(13)16)5-4-10-17-8-2-1-3-9-17/h6-7,11H,1-5,8-10H2. The lowest BCUT2D eigenvalue weighted by Crippen LogP contribution is -2.30. The van der Waals surface area contributed by atoms with E-state index in [0.717, 1.165) is 6.42 Å². The van der Waals surface area contributed by atoms with E-state index in [9.17, 15) is 0 Å². The van der Waals surface area contributed by atoms with E-state index < -0.39 is 0 Å². The van der Waals surface area contributed by atoms with Crippen LogP contribution in [0.25, 0.3) is 0 Å². The number of nitrogens with zero attached hydrogens (tertiary/aromatic N) is 1. The molecule has 0 aromatic heterocycles. The zero-order valence-electron chi connectivity index (χ0n) is 10.1. The third-order valence-electron chi connectivity index (χ3n) is 3.37. The smallest absolute Gasteiger partial charge is 0.0595 e. The van der Waals surface area contributed by atoms with Gasteiger partial charge in [0.05, 0.1) is 10.0 Å². The summed E-state index contributed by atoms with van der Waals surface area (Å²) in [5, 5.41) is 1.31. The fourth-order valence-corrected chi connectivity index (χ4v) is 2.71. The van der Waals surface area contributed by atoms with Crippen LogP contribution < -0.4 is 0 Å². The monoisotopic (exact) mass is 271 g/mol. The largest absolute Gasteiger partial charge is 0.303 e. The highest BCUT2D eigenvalue weighted by Crippen LogP contribution is 2.23. The van der Waals surface area contributed by atoms with Crippen LogP contribution in [0, 0.1) is 0 Å². The number of halogens is 2. The molecule has 0 saturated carbocycles. The normalized spacial score (nSPS) is 17.3. The molecule has 1 aromatic carbocycles. The maximum Gasteiger partial charge on any atom is 0.0595 e. The van der Waals surface area contributed by atoms with Crippen LogP contribution in [0.1, 0.15) is 31.2 Å². The van der Waals surface area contributed by atoms with Crippen LogP contribution in [-0.2, 0) is 6.42 Å². The zero-order valence-corrected chi connectivity index (χ0v) is 11.6. The van der Waals surface area contributed by atoms with Crippen LogP contribution in [0.5, 0.6) is 0 Å². The van der Waals surface area contributed by atoms with Crippen molar-refractivity contribution in [3.8, 4) is 0 Å². The Kier molecular flexibility index (Phi) is 5.15. The SMILES string of the molecule is Clc1ccc(CCCN2CCCCC2)cc1Cl. The maximum atomic E-state index is 6.00. The van der Waals surface area contributed by atoms with Gasteiger partial charge in [-0.1, -0.05) is 35.7 Å². The molecule has 1 nitrogen and oxygen atoms in total. The topological polar surface area (TPSA) is 3.24 Å². The number of benzene rings is 1. The molecular weight excluding hydrogens is 253 g/mol. The molecule has 1 aliphatic heterocycles. The Morgan fingerprint density at radius 3 is 2.47 bits per heavy atom. The summed E-state index contributed by atoms with van der Waals surface area (Å²) < 4.78 is 0. The molecular formula is C14H19Cl2N. The van der Waals surface area contributed by atoms with Crippen LogP contribution in [0.2, 0.25) is 10.0 Å². The molecule has 0 spiro atoms. The second-order valence-electron chi connectivity index (χ2n) is 4.75. The Hall–Kier alpha value is -0.240. The van der Waals surface area contributed by atoms with Crippen LogP contribution in [0.15, 0.2) is 18.2 Å². The summed E-state index contributed by atoms with van der Waals surface area (Å²) in [6.45, 7) is 3.77. The number of piperidine rings is 1. The fourth-order valence-electron chi connectivity index (χ4n) is 2.38. The molecule has 0 bridgehead atoms. The van der Waals surface area contributed by atoms with Gasteiger partial charge in [0, 0.05) is 0 Å². The molecule has 1 aromatic rings. The molecule has 1 fully saturated rings. The molecule has 3 heteroatoms. The molecule has 0 amide bonds. The highest BCUT2D eigenvalue weighted by atomic mass is 35.5. The van der Waals surface area contributed by atoms with E-state index in [0.29, 0.717) is 10.0 Å². The van der Waals surface area contributed by atoms with Gasteiger partial charge < -0.3 is 4.90 Å². The van der Waals surface area contributed by atoms with Crippen LogP contribution in [-0.4, -0.2) is 24.5 Å². The number of rotatable bonds is 4.